The Hall–Kier alpha value is -2.45. The molecule has 1 amide bonds. The maximum atomic E-state index is 13.6. The van der Waals surface area contributed by atoms with Gasteiger partial charge in [-0.15, -0.1) is 11.3 Å². The van der Waals surface area contributed by atoms with Crippen LogP contribution in [0.15, 0.2) is 18.3 Å². The van der Waals surface area contributed by atoms with Crippen molar-refractivity contribution in [2.45, 2.75) is 70.4 Å². The van der Waals surface area contributed by atoms with E-state index in [-0.39, 0.29) is 18.0 Å². The van der Waals surface area contributed by atoms with Crippen LogP contribution in [0.25, 0.3) is 5.65 Å². The van der Waals surface area contributed by atoms with Gasteiger partial charge in [0.1, 0.15) is 5.82 Å². The third-order valence-electron chi connectivity index (χ3n) is 7.46. The Bertz CT molecular complexity index is 1180. The lowest BCUT2D eigenvalue weighted by molar-refractivity contribution is 0.0610. The number of likely N-dealkylation sites (tertiary alicyclic amines) is 1. The third-order valence-corrected chi connectivity index (χ3v) is 8.69. The predicted molar refractivity (Wildman–Crippen MR) is 131 cm³/mol. The van der Waals surface area contributed by atoms with E-state index in [0.29, 0.717) is 0 Å². The second-order valence-corrected chi connectivity index (χ2v) is 11.0. The molecule has 2 unspecified atom stereocenters. The number of amides is 1. The summed E-state index contributed by atoms with van der Waals surface area (Å²) in [5.74, 6) is 1.18. The molecule has 33 heavy (non-hydrogen) atoms. The summed E-state index contributed by atoms with van der Waals surface area (Å²) in [5, 5.41) is 4.89. The number of nitrogens with zero attached hydrogens (tertiary/aromatic N) is 5. The van der Waals surface area contributed by atoms with Crippen LogP contribution in [0.2, 0.25) is 0 Å². The van der Waals surface area contributed by atoms with Crippen LogP contribution in [0.4, 0.5) is 5.82 Å². The number of rotatable bonds is 3. The molecule has 174 valence electrons. The van der Waals surface area contributed by atoms with Gasteiger partial charge in [-0.25, -0.2) is 9.50 Å². The molecule has 2 fully saturated rings. The first-order valence-electron chi connectivity index (χ1n) is 12.4. The van der Waals surface area contributed by atoms with Crippen molar-refractivity contribution in [3.8, 4) is 0 Å². The lowest BCUT2D eigenvalue weighted by Gasteiger charge is -2.34. The average molecular weight is 465 g/mol. The van der Waals surface area contributed by atoms with Crippen LogP contribution < -0.4 is 10.6 Å². The number of hydrogen-bond donors (Lipinski definition) is 1. The number of aromatic nitrogens is 3. The molecular formula is C25H32N6OS. The summed E-state index contributed by atoms with van der Waals surface area (Å²) >= 11 is 1.71. The molecule has 2 N–H and O–H groups in total. The van der Waals surface area contributed by atoms with Gasteiger partial charge in [-0.1, -0.05) is 0 Å². The number of thiophene rings is 1. The van der Waals surface area contributed by atoms with Gasteiger partial charge in [0.15, 0.2) is 5.65 Å². The third kappa shape index (κ3) is 3.83. The Morgan fingerprint density at radius 3 is 2.82 bits per heavy atom. The van der Waals surface area contributed by atoms with E-state index in [1.54, 1.807) is 11.3 Å². The van der Waals surface area contributed by atoms with Crippen molar-refractivity contribution >= 4 is 28.7 Å². The topological polar surface area (TPSA) is 79.8 Å². The number of piperidine rings is 1. The molecule has 0 radical (unpaired) electrons. The van der Waals surface area contributed by atoms with Crippen molar-refractivity contribution in [2.24, 2.45) is 5.73 Å². The van der Waals surface area contributed by atoms with Crippen LogP contribution in [0.3, 0.4) is 0 Å². The standard InChI is InChI=1S/C25H32N6OS/c1-16-14-31-23(27-24(16)29-11-9-18(26)15-29)13-19(28-31)20-7-4-5-10-30(20)25(32)22-12-17-6-2-3-8-21(17)33-22/h12-14,18,20H,2-11,15,26H2,1H3. The highest BCUT2D eigenvalue weighted by Crippen LogP contribution is 2.36. The van der Waals surface area contributed by atoms with E-state index in [0.717, 1.165) is 85.8 Å². The highest BCUT2D eigenvalue weighted by molar-refractivity contribution is 7.14. The summed E-state index contributed by atoms with van der Waals surface area (Å²) in [7, 11) is 0. The van der Waals surface area contributed by atoms with E-state index in [1.165, 1.54) is 23.3 Å². The first kappa shape index (κ1) is 21.1. The SMILES string of the molecule is Cc1cn2nc(C3CCCCN3C(=O)c3cc4c(s3)CCCC4)cc2nc1N1CCC(N)C1. The molecular weight excluding hydrogens is 432 g/mol. The van der Waals surface area contributed by atoms with Crippen LogP contribution in [0.5, 0.6) is 0 Å². The van der Waals surface area contributed by atoms with Crippen LogP contribution in [-0.2, 0) is 12.8 Å². The lowest BCUT2D eigenvalue weighted by atomic mass is 9.98. The molecule has 0 spiro atoms. The first-order valence-corrected chi connectivity index (χ1v) is 13.2. The van der Waals surface area contributed by atoms with E-state index in [2.05, 4.69) is 35.1 Å². The number of aryl methyl sites for hydroxylation is 3. The van der Waals surface area contributed by atoms with E-state index in [4.69, 9.17) is 15.8 Å². The molecule has 7 nitrogen and oxygen atoms in total. The summed E-state index contributed by atoms with van der Waals surface area (Å²) in [6.07, 6.45) is 10.9. The Morgan fingerprint density at radius 1 is 1.12 bits per heavy atom. The summed E-state index contributed by atoms with van der Waals surface area (Å²) in [6.45, 7) is 4.67. The number of hydrogen-bond acceptors (Lipinski definition) is 6. The highest BCUT2D eigenvalue weighted by Gasteiger charge is 2.32. The number of anilines is 1. The fraction of sp³-hybridized carbons (Fsp3) is 0.560. The molecule has 0 bridgehead atoms. The number of nitrogens with two attached hydrogens (primary N) is 1. The molecule has 3 aromatic rings. The maximum absolute atomic E-state index is 13.6. The zero-order valence-corrected chi connectivity index (χ0v) is 20.1. The number of fused-ring (bicyclic) bond motifs is 2. The fourth-order valence-electron chi connectivity index (χ4n) is 5.70. The van der Waals surface area contributed by atoms with Crippen LogP contribution in [-0.4, -0.2) is 51.1 Å². The molecule has 5 heterocycles. The second kappa shape index (κ2) is 8.40. The van der Waals surface area contributed by atoms with Crippen molar-refractivity contribution in [2.75, 3.05) is 24.5 Å². The molecule has 1 aliphatic carbocycles. The minimum atomic E-state index is 0.0102. The minimum Gasteiger partial charge on any atom is -0.355 e. The Balaban J connectivity index is 1.30. The lowest BCUT2D eigenvalue weighted by Crippen LogP contribution is -2.38. The molecule has 0 saturated carbocycles. The smallest absolute Gasteiger partial charge is 0.264 e. The van der Waals surface area contributed by atoms with Crippen molar-refractivity contribution in [1.82, 2.24) is 19.5 Å². The molecule has 6 rings (SSSR count). The minimum absolute atomic E-state index is 0.0102. The monoisotopic (exact) mass is 464 g/mol. The Labute approximate surface area is 198 Å². The molecule has 2 atom stereocenters. The molecule has 3 aromatic heterocycles. The van der Waals surface area contributed by atoms with Crippen LogP contribution in [0.1, 0.15) is 75.9 Å². The quantitative estimate of drug-likeness (QED) is 0.636. The molecule has 3 aliphatic rings. The van der Waals surface area contributed by atoms with Gasteiger partial charge in [-0.3, -0.25) is 4.79 Å². The van der Waals surface area contributed by atoms with E-state index in [9.17, 15) is 4.79 Å². The van der Waals surface area contributed by atoms with E-state index in [1.807, 2.05) is 4.52 Å². The van der Waals surface area contributed by atoms with Gasteiger partial charge in [0, 0.05) is 48.4 Å². The van der Waals surface area contributed by atoms with E-state index < -0.39 is 0 Å². The largest absolute Gasteiger partial charge is 0.355 e. The van der Waals surface area contributed by atoms with Crippen molar-refractivity contribution in [3.05, 3.63) is 44.9 Å². The molecule has 8 heteroatoms. The van der Waals surface area contributed by atoms with Gasteiger partial charge >= 0.3 is 0 Å². The summed E-state index contributed by atoms with van der Waals surface area (Å²) < 4.78 is 1.88. The molecule has 0 aromatic carbocycles. The second-order valence-electron chi connectivity index (χ2n) is 9.89. The summed E-state index contributed by atoms with van der Waals surface area (Å²) in [5.41, 5.74) is 10.4. The van der Waals surface area contributed by atoms with Gasteiger partial charge in [-0.05, 0) is 69.9 Å². The van der Waals surface area contributed by atoms with Gasteiger partial charge in [-0.2, -0.15) is 5.10 Å². The summed E-state index contributed by atoms with van der Waals surface area (Å²) in [4.78, 5) is 25.2. The zero-order chi connectivity index (χ0) is 22.5. The van der Waals surface area contributed by atoms with Crippen molar-refractivity contribution in [1.29, 1.82) is 0 Å². The molecule has 2 aliphatic heterocycles. The van der Waals surface area contributed by atoms with Crippen LogP contribution in [0, 0.1) is 6.92 Å². The van der Waals surface area contributed by atoms with Gasteiger partial charge in [0.25, 0.3) is 5.91 Å². The highest BCUT2D eigenvalue weighted by atomic mass is 32.1. The maximum Gasteiger partial charge on any atom is 0.264 e. The Kier molecular flexibility index (Phi) is 5.37. The normalized spacial score (nSPS) is 23.3. The predicted octanol–water partition coefficient (Wildman–Crippen LogP) is 3.88. The van der Waals surface area contributed by atoms with Crippen molar-refractivity contribution < 1.29 is 4.79 Å². The number of carbonyl (C=O) groups is 1. The molecule has 2 saturated heterocycles. The van der Waals surface area contributed by atoms with Gasteiger partial charge in [0.05, 0.1) is 16.6 Å². The average Bonchev–Trinajstić information content (AvgIpc) is 3.55. The van der Waals surface area contributed by atoms with Gasteiger partial charge < -0.3 is 15.5 Å². The van der Waals surface area contributed by atoms with Crippen molar-refractivity contribution in [3.63, 3.8) is 0 Å². The van der Waals surface area contributed by atoms with Gasteiger partial charge in [0.2, 0.25) is 0 Å². The number of carbonyl (C=O) groups excluding carboxylic acids is 1. The van der Waals surface area contributed by atoms with Crippen LogP contribution >= 0.6 is 11.3 Å². The zero-order valence-electron chi connectivity index (χ0n) is 19.3. The first-order chi connectivity index (χ1) is 16.1. The summed E-state index contributed by atoms with van der Waals surface area (Å²) in [6, 6.07) is 4.47. The Morgan fingerprint density at radius 2 is 2.00 bits per heavy atom. The van der Waals surface area contributed by atoms with E-state index >= 15 is 0 Å². The fourth-order valence-corrected chi connectivity index (χ4v) is 6.91.